The minimum absolute atomic E-state index is 0.0704. The molecule has 1 aromatic heterocycles. The Bertz CT molecular complexity index is 1300. The van der Waals surface area contributed by atoms with E-state index in [0.717, 1.165) is 17.0 Å². The first kappa shape index (κ1) is 18.6. The summed E-state index contributed by atoms with van der Waals surface area (Å²) >= 11 is 1.38. The molecule has 30 heavy (non-hydrogen) atoms. The normalized spacial score (nSPS) is 15.0. The molecule has 0 aliphatic carbocycles. The zero-order valence-corrected chi connectivity index (χ0v) is 17.3. The van der Waals surface area contributed by atoms with E-state index in [-0.39, 0.29) is 12.4 Å². The van der Waals surface area contributed by atoms with Gasteiger partial charge in [-0.15, -0.1) is 0 Å². The number of anilines is 1. The van der Waals surface area contributed by atoms with Crippen molar-refractivity contribution in [1.82, 2.24) is 4.57 Å². The van der Waals surface area contributed by atoms with Gasteiger partial charge in [-0.2, -0.15) is 0 Å². The van der Waals surface area contributed by atoms with E-state index < -0.39 is 0 Å². The molecule has 2 aromatic carbocycles. The number of hydrogen-bond donors (Lipinski definition) is 0. The van der Waals surface area contributed by atoms with Crippen LogP contribution in [0.2, 0.25) is 0 Å². The topological polar surface area (TPSA) is 74.5 Å². The largest absolute Gasteiger partial charge is 0.493 e. The second-order valence-corrected chi connectivity index (χ2v) is 7.77. The summed E-state index contributed by atoms with van der Waals surface area (Å²) in [4.78, 5) is 20.3. The van der Waals surface area contributed by atoms with E-state index in [4.69, 9.17) is 18.9 Å². The van der Waals surface area contributed by atoms with Crippen LogP contribution in [-0.2, 0) is 6.67 Å². The van der Waals surface area contributed by atoms with Crippen molar-refractivity contribution in [2.45, 2.75) is 6.67 Å². The SMILES string of the molecule is COc1ccc(C=c2sc3n(c2=O)CN(c2ccc4c(c2)OCO4)CN=3)cc1OC. The molecule has 0 amide bonds. The molecular formula is C21H19N3O5S. The Labute approximate surface area is 175 Å². The molecule has 3 aromatic rings. The van der Waals surface area contributed by atoms with E-state index in [1.165, 1.54) is 11.3 Å². The number of benzene rings is 2. The summed E-state index contributed by atoms with van der Waals surface area (Å²) in [5.74, 6) is 2.70. The molecule has 2 aliphatic rings. The molecule has 0 N–H and O–H groups in total. The number of rotatable bonds is 4. The third kappa shape index (κ3) is 3.17. The quantitative estimate of drug-likeness (QED) is 0.631. The standard InChI is InChI=1S/C21H19N3O5S/c1-26-15-5-3-13(7-17(15)27-2)8-19-20(25)24-11-23(10-22-21(24)30-19)14-4-6-16-18(9-14)29-12-28-16/h3-9H,10-12H2,1-2H3. The van der Waals surface area contributed by atoms with Gasteiger partial charge in [0.05, 0.1) is 18.8 Å². The van der Waals surface area contributed by atoms with Gasteiger partial charge in [-0.05, 0) is 35.9 Å². The molecule has 8 nitrogen and oxygen atoms in total. The van der Waals surface area contributed by atoms with Crippen LogP contribution in [0.1, 0.15) is 5.56 Å². The molecule has 5 rings (SSSR count). The molecule has 0 saturated carbocycles. The Balaban J connectivity index is 1.48. The maximum atomic E-state index is 13.0. The predicted octanol–water partition coefficient (Wildman–Crippen LogP) is 1.54. The van der Waals surface area contributed by atoms with Gasteiger partial charge in [0.25, 0.3) is 5.56 Å². The average molecular weight is 425 g/mol. The smallest absolute Gasteiger partial charge is 0.271 e. The fourth-order valence-corrected chi connectivity index (χ4v) is 4.41. The molecule has 3 heterocycles. The zero-order valence-electron chi connectivity index (χ0n) is 16.5. The molecule has 0 radical (unpaired) electrons. The molecular weight excluding hydrogens is 406 g/mol. The third-order valence-electron chi connectivity index (χ3n) is 5.00. The highest BCUT2D eigenvalue weighted by Crippen LogP contribution is 2.35. The maximum Gasteiger partial charge on any atom is 0.271 e. The lowest BCUT2D eigenvalue weighted by Gasteiger charge is -2.25. The van der Waals surface area contributed by atoms with Crippen molar-refractivity contribution in [1.29, 1.82) is 0 Å². The summed E-state index contributed by atoms with van der Waals surface area (Å²) in [6, 6.07) is 11.3. The van der Waals surface area contributed by atoms with Crippen LogP contribution < -0.4 is 38.7 Å². The van der Waals surface area contributed by atoms with Crippen LogP contribution in [0.5, 0.6) is 23.0 Å². The fraction of sp³-hybridized carbons (Fsp3) is 0.238. The molecule has 0 saturated heterocycles. The number of aromatic nitrogens is 1. The van der Waals surface area contributed by atoms with E-state index in [1.807, 2.05) is 47.4 Å². The minimum Gasteiger partial charge on any atom is -0.493 e. The van der Waals surface area contributed by atoms with Gasteiger partial charge in [-0.25, -0.2) is 4.99 Å². The molecule has 154 valence electrons. The highest BCUT2D eigenvalue weighted by atomic mass is 32.1. The summed E-state index contributed by atoms with van der Waals surface area (Å²) in [7, 11) is 3.18. The van der Waals surface area contributed by atoms with Crippen molar-refractivity contribution in [2.75, 3.05) is 32.6 Å². The van der Waals surface area contributed by atoms with Crippen LogP contribution >= 0.6 is 11.3 Å². The molecule has 0 spiro atoms. The Morgan fingerprint density at radius 3 is 2.73 bits per heavy atom. The fourth-order valence-electron chi connectivity index (χ4n) is 3.45. The first-order chi connectivity index (χ1) is 14.7. The molecule has 0 fully saturated rings. The number of thiazole rings is 1. The zero-order chi connectivity index (χ0) is 20.7. The van der Waals surface area contributed by atoms with Gasteiger partial charge in [-0.1, -0.05) is 17.4 Å². The van der Waals surface area contributed by atoms with Crippen molar-refractivity contribution in [3.05, 3.63) is 61.6 Å². The molecule has 2 aliphatic heterocycles. The molecule has 9 heteroatoms. The average Bonchev–Trinajstić information content (AvgIpc) is 3.37. The number of fused-ring (bicyclic) bond motifs is 2. The molecule has 0 bridgehead atoms. The monoisotopic (exact) mass is 425 g/mol. The van der Waals surface area contributed by atoms with Crippen molar-refractivity contribution in [2.24, 2.45) is 4.99 Å². The first-order valence-corrected chi connectivity index (χ1v) is 10.1. The summed E-state index contributed by atoms with van der Waals surface area (Å²) in [6.07, 6.45) is 1.85. The van der Waals surface area contributed by atoms with Crippen molar-refractivity contribution >= 4 is 23.1 Å². The highest BCUT2D eigenvalue weighted by molar-refractivity contribution is 7.07. The lowest BCUT2D eigenvalue weighted by Crippen LogP contribution is -2.42. The lowest BCUT2D eigenvalue weighted by atomic mass is 10.2. The minimum atomic E-state index is -0.0704. The van der Waals surface area contributed by atoms with Crippen LogP contribution in [0, 0.1) is 0 Å². The van der Waals surface area contributed by atoms with Gasteiger partial charge < -0.3 is 23.8 Å². The van der Waals surface area contributed by atoms with Crippen molar-refractivity contribution in [3.8, 4) is 23.0 Å². The van der Waals surface area contributed by atoms with Crippen molar-refractivity contribution < 1.29 is 18.9 Å². The highest BCUT2D eigenvalue weighted by Gasteiger charge is 2.19. The summed E-state index contributed by atoms with van der Waals surface area (Å²) in [5.41, 5.74) is 1.72. The third-order valence-corrected chi connectivity index (χ3v) is 6.05. The lowest BCUT2D eigenvalue weighted by molar-refractivity contribution is 0.174. The maximum absolute atomic E-state index is 13.0. The predicted molar refractivity (Wildman–Crippen MR) is 112 cm³/mol. The molecule has 0 unspecified atom stereocenters. The second-order valence-electron chi connectivity index (χ2n) is 6.76. The van der Waals surface area contributed by atoms with Crippen LogP contribution in [0.15, 0.2) is 46.2 Å². The molecule has 0 atom stereocenters. The van der Waals surface area contributed by atoms with Gasteiger partial charge in [0.1, 0.15) is 13.3 Å². The van der Waals surface area contributed by atoms with Gasteiger partial charge in [0.2, 0.25) is 6.79 Å². The Hall–Kier alpha value is -3.46. The van der Waals surface area contributed by atoms with E-state index in [9.17, 15) is 4.79 Å². The van der Waals surface area contributed by atoms with Gasteiger partial charge in [-0.3, -0.25) is 9.36 Å². The number of ether oxygens (including phenoxy) is 4. The Morgan fingerprint density at radius 2 is 1.90 bits per heavy atom. The summed E-state index contributed by atoms with van der Waals surface area (Å²) < 4.78 is 23.8. The number of nitrogens with zero attached hydrogens (tertiary/aromatic N) is 3. The summed E-state index contributed by atoms with van der Waals surface area (Å²) in [5, 5.41) is 0. The second kappa shape index (κ2) is 7.42. The van der Waals surface area contributed by atoms with Crippen LogP contribution in [0.3, 0.4) is 0 Å². The van der Waals surface area contributed by atoms with Gasteiger partial charge in [0.15, 0.2) is 27.8 Å². The first-order valence-electron chi connectivity index (χ1n) is 9.29. The van der Waals surface area contributed by atoms with E-state index >= 15 is 0 Å². The van der Waals surface area contributed by atoms with E-state index in [1.54, 1.807) is 18.8 Å². The van der Waals surface area contributed by atoms with Crippen LogP contribution in [-0.4, -0.2) is 32.2 Å². The Kier molecular flexibility index (Phi) is 4.59. The van der Waals surface area contributed by atoms with Crippen LogP contribution in [0.4, 0.5) is 5.69 Å². The van der Waals surface area contributed by atoms with E-state index in [0.29, 0.717) is 39.9 Å². The number of hydrogen-bond acceptors (Lipinski definition) is 8. The van der Waals surface area contributed by atoms with Gasteiger partial charge >= 0.3 is 0 Å². The van der Waals surface area contributed by atoms with E-state index in [2.05, 4.69) is 4.99 Å². The Morgan fingerprint density at radius 1 is 1.07 bits per heavy atom. The van der Waals surface area contributed by atoms with Crippen molar-refractivity contribution in [3.63, 3.8) is 0 Å². The summed E-state index contributed by atoms with van der Waals surface area (Å²) in [6.45, 7) is 1.12. The number of methoxy groups -OCH3 is 2. The van der Waals surface area contributed by atoms with Gasteiger partial charge in [0, 0.05) is 11.8 Å². The van der Waals surface area contributed by atoms with Crippen LogP contribution in [0.25, 0.3) is 6.08 Å².